The van der Waals surface area contributed by atoms with E-state index in [1.807, 2.05) is 0 Å². The second kappa shape index (κ2) is 10.5. The molecule has 1 unspecified atom stereocenters. The first-order valence-electron chi connectivity index (χ1n) is 11.1. The van der Waals surface area contributed by atoms with E-state index >= 15 is 0 Å². The Morgan fingerprint density at radius 1 is 1.17 bits per heavy atom. The molecule has 2 N–H and O–H groups in total. The number of halogens is 1. The molecule has 1 saturated heterocycles. The van der Waals surface area contributed by atoms with Gasteiger partial charge in [-0.15, -0.1) is 24.0 Å². The smallest absolute Gasteiger partial charge is 0.191 e. The summed E-state index contributed by atoms with van der Waals surface area (Å²) in [6.45, 7) is 5.05. The summed E-state index contributed by atoms with van der Waals surface area (Å²) in [5, 5.41) is 7.15. The van der Waals surface area contributed by atoms with Crippen LogP contribution in [-0.2, 0) is 9.47 Å². The number of nitrogens with one attached hydrogen (secondary N) is 2. The minimum atomic E-state index is -0.221. The zero-order valence-electron chi connectivity index (χ0n) is 18.2. The van der Waals surface area contributed by atoms with Crippen LogP contribution in [0, 0.1) is 0 Å². The lowest BCUT2D eigenvalue weighted by molar-refractivity contribution is -0.0829. The molecule has 0 aromatic heterocycles. The highest BCUT2D eigenvalue weighted by Gasteiger charge is 2.43. The van der Waals surface area contributed by atoms with Crippen molar-refractivity contribution in [2.24, 2.45) is 4.99 Å². The van der Waals surface area contributed by atoms with Crippen molar-refractivity contribution in [3.63, 3.8) is 0 Å². The van der Waals surface area contributed by atoms with Gasteiger partial charge in [-0.3, -0.25) is 4.99 Å². The van der Waals surface area contributed by atoms with E-state index in [1.54, 1.807) is 7.11 Å². The van der Waals surface area contributed by atoms with Crippen molar-refractivity contribution in [2.45, 2.75) is 69.1 Å². The highest BCUT2D eigenvalue weighted by Crippen LogP contribution is 2.47. The van der Waals surface area contributed by atoms with Crippen molar-refractivity contribution in [2.75, 3.05) is 33.4 Å². The van der Waals surface area contributed by atoms with Crippen LogP contribution < -0.4 is 15.4 Å². The normalized spacial score (nSPS) is 24.5. The molecule has 2 aliphatic heterocycles. The van der Waals surface area contributed by atoms with Crippen LogP contribution in [-0.4, -0.2) is 50.6 Å². The van der Waals surface area contributed by atoms with E-state index in [-0.39, 0.29) is 41.2 Å². The Bertz CT molecular complexity index is 715. The fourth-order valence-corrected chi connectivity index (χ4v) is 4.95. The van der Waals surface area contributed by atoms with Crippen LogP contribution >= 0.6 is 24.0 Å². The van der Waals surface area contributed by atoms with Crippen LogP contribution in [0.15, 0.2) is 29.3 Å². The fraction of sp³-hybridized carbons (Fsp3) is 0.696. The number of hydrogen-bond donors (Lipinski definition) is 2. The average Bonchev–Trinajstić information content (AvgIpc) is 3.20. The molecule has 1 saturated carbocycles. The zero-order valence-corrected chi connectivity index (χ0v) is 20.6. The van der Waals surface area contributed by atoms with Gasteiger partial charge >= 0.3 is 0 Å². The minimum absolute atomic E-state index is 0. The molecular weight excluding hydrogens is 493 g/mol. The maximum atomic E-state index is 6.51. The molecule has 3 aliphatic rings. The monoisotopic (exact) mass is 529 g/mol. The summed E-state index contributed by atoms with van der Waals surface area (Å²) in [5.74, 6) is 1.87. The highest BCUT2D eigenvalue weighted by molar-refractivity contribution is 14.0. The van der Waals surface area contributed by atoms with E-state index in [4.69, 9.17) is 19.2 Å². The SMILES string of the molecule is CCNC(=NCC1(OC)CCOCC1)NC1CC2(CCCC2)Oc2ccccc21.I. The molecule has 1 atom stereocenters. The Hall–Kier alpha value is -1.06. The number of methoxy groups -OCH3 is 1. The van der Waals surface area contributed by atoms with Gasteiger partial charge in [0.1, 0.15) is 11.4 Å². The molecule has 30 heavy (non-hydrogen) atoms. The maximum Gasteiger partial charge on any atom is 0.191 e. The number of ether oxygens (including phenoxy) is 3. The van der Waals surface area contributed by atoms with Gasteiger partial charge in [0.25, 0.3) is 0 Å². The largest absolute Gasteiger partial charge is 0.487 e. The quantitative estimate of drug-likeness (QED) is 0.340. The van der Waals surface area contributed by atoms with Crippen LogP contribution in [0.4, 0.5) is 0 Å². The Morgan fingerprint density at radius 3 is 2.60 bits per heavy atom. The maximum absolute atomic E-state index is 6.51. The van der Waals surface area contributed by atoms with Gasteiger partial charge in [0.15, 0.2) is 5.96 Å². The number of fused-ring (bicyclic) bond motifs is 1. The van der Waals surface area contributed by atoms with Gasteiger partial charge in [0, 0.05) is 51.7 Å². The number of aliphatic imine (C=N–C) groups is 1. The lowest BCUT2D eigenvalue weighted by atomic mass is 9.86. The minimum Gasteiger partial charge on any atom is -0.487 e. The third kappa shape index (κ3) is 5.22. The summed E-state index contributed by atoms with van der Waals surface area (Å²) in [7, 11) is 1.79. The van der Waals surface area contributed by atoms with Crippen LogP contribution in [0.2, 0.25) is 0 Å². The molecule has 168 valence electrons. The van der Waals surface area contributed by atoms with E-state index < -0.39 is 0 Å². The lowest BCUT2D eigenvalue weighted by Gasteiger charge is -2.40. The van der Waals surface area contributed by atoms with Crippen LogP contribution in [0.1, 0.15) is 63.5 Å². The second-order valence-corrected chi connectivity index (χ2v) is 8.63. The summed E-state index contributed by atoms with van der Waals surface area (Å²) in [6.07, 6.45) is 7.53. The van der Waals surface area contributed by atoms with Gasteiger partial charge in [-0.1, -0.05) is 18.2 Å². The average molecular weight is 529 g/mol. The lowest BCUT2D eigenvalue weighted by Crippen LogP contribution is -2.48. The molecule has 1 aromatic carbocycles. The molecule has 2 heterocycles. The Labute approximate surface area is 197 Å². The summed E-state index contributed by atoms with van der Waals surface area (Å²) in [4.78, 5) is 4.94. The zero-order chi connectivity index (χ0) is 20.2. The van der Waals surface area contributed by atoms with E-state index in [0.717, 1.165) is 63.6 Å². The molecule has 1 aliphatic carbocycles. The van der Waals surface area contributed by atoms with Gasteiger partial charge < -0.3 is 24.8 Å². The van der Waals surface area contributed by atoms with Crippen LogP contribution in [0.3, 0.4) is 0 Å². The molecule has 6 nitrogen and oxygen atoms in total. The first kappa shape index (κ1) is 23.6. The summed E-state index contributed by atoms with van der Waals surface area (Å²) in [5.41, 5.74) is 0.974. The van der Waals surface area contributed by atoms with E-state index in [0.29, 0.717) is 6.54 Å². The van der Waals surface area contributed by atoms with E-state index in [2.05, 4.69) is 41.8 Å². The summed E-state index contributed by atoms with van der Waals surface area (Å²) >= 11 is 0. The Morgan fingerprint density at radius 2 is 1.90 bits per heavy atom. The third-order valence-corrected chi connectivity index (χ3v) is 6.73. The predicted octanol–water partition coefficient (Wildman–Crippen LogP) is 4.19. The first-order valence-corrected chi connectivity index (χ1v) is 11.1. The highest BCUT2D eigenvalue weighted by atomic mass is 127. The number of rotatable bonds is 5. The topological polar surface area (TPSA) is 64.1 Å². The van der Waals surface area contributed by atoms with Gasteiger partial charge in [0.05, 0.1) is 18.2 Å². The number of benzene rings is 1. The van der Waals surface area contributed by atoms with Gasteiger partial charge in [-0.05, 0) is 38.7 Å². The van der Waals surface area contributed by atoms with Crippen molar-refractivity contribution in [1.82, 2.24) is 10.6 Å². The molecule has 0 bridgehead atoms. The molecule has 1 spiro atoms. The standard InChI is InChI=1S/C23H35N3O3.HI/c1-3-24-21(25-17-23(27-2)12-14-28-15-13-23)26-19-16-22(10-6-7-11-22)29-20-9-5-4-8-18(19)20;/h4-5,8-9,19H,3,6-7,10-17H2,1-2H3,(H2,24,25,26);1H. The second-order valence-electron chi connectivity index (χ2n) is 8.63. The molecule has 0 amide bonds. The third-order valence-electron chi connectivity index (χ3n) is 6.73. The van der Waals surface area contributed by atoms with Gasteiger partial charge in [-0.2, -0.15) is 0 Å². The number of para-hydroxylation sites is 1. The summed E-state index contributed by atoms with van der Waals surface area (Å²) in [6, 6.07) is 8.64. The van der Waals surface area contributed by atoms with E-state index in [1.165, 1.54) is 18.4 Å². The number of guanidine groups is 1. The molecule has 7 heteroatoms. The molecule has 4 rings (SSSR count). The Kier molecular flexibility index (Phi) is 8.26. The number of nitrogens with zero attached hydrogens (tertiary/aromatic N) is 1. The molecular formula is C23H36IN3O3. The van der Waals surface area contributed by atoms with Crippen molar-refractivity contribution < 1.29 is 14.2 Å². The van der Waals surface area contributed by atoms with Crippen molar-refractivity contribution in [3.05, 3.63) is 29.8 Å². The van der Waals surface area contributed by atoms with E-state index in [9.17, 15) is 0 Å². The van der Waals surface area contributed by atoms with Gasteiger partial charge in [-0.25, -0.2) is 0 Å². The first-order chi connectivity index (χ1) is 14.2. The van der Waals surface area contributed by atoms with Crippen molar-refractivity contribution >= 4 is 29.9 Å². The van der Waals surface area contributed by atoms with Gasteiger partial charge in [0.2, 0.25) is 0 Å². The molecule has 0 radical (unpaired) electrons. The Balaban J connectivity index is 0.00000256. The van der Waals surface area contributed by atoms with Crippen LogP contribution in [0.5, 0.6) is 5.75 Å². The number of hydrogen-bond acceptors (Lipinski definition) is 4. The van der Waals surface area contributed by atoms with Crippen LogP contribution in [0.25, 0.3) is 0 Å². The fourth-order valence-electron chi connectivity index (χ4n) is 4.95. The molecule has 2 fully saturated rings. The summed E-state index contributed by atoms with van der Waals surface area (Å²) < 4.78 is 17.9. The predicted molar refractivity (Wildman–Crippen MR) is 130 cm³/mol. The molecule has 1 aromatic rings. The van der Waals surface area contributed by atoms with Crippen molar-refractivity contribution in [1.29, 1.82) is 0 Å². The van der Waals surface area contributed by atoms with Crippen molar-refractivity contribution in [3.8, 4) is 5.75 Å².